The summed E-state index contributed by atoms with van der Waals surface area (Å²) in [5.74, 6) is 0.828. The van der Waals surface area contributed by atoms with Gasteiger partial charge in [0.1, 0.15) is 5.82 Å². The molecule has 20 heavy (non-hydrogen) atoms. The van der Waals surface area contributed by atoms with E-state index in [1.807, 2.05) is 43.3 Å². The Bertz CT molecular complexity index is 735. The summed E-state index contributed by atoms with van der Waals surface area (Å²) in [6.45, 7) is 2.56. The van der Waals surface area contributed by atoms with Crippen molar-refractivity contribution in [1.29, 1.82) is 0 Å². The molecule has 0 aliphatic rings. The maximum absolute atomic E-state index is 6.25. The molecule has 2 aromatic heterocycles. The average Bonchev–Trinajstić information content (AvgIpc) is 2.78. The Morgan fingerprint density at radius 3 is 2.80 bits per heavy atom. The molecule has 102 valence electrons. The first-order valence-electron chi connectivity index (χ1n) is 6.35. The molecule has 1 atom stereocenters. The van der Waals surface area contributed by atoms with Gasteiger partial charge in [0.25, 0.3) is 0 Å². The molecule has 0 aliphatic carbocycles. The molecule has 0 fully saturated rings. The van der Waals surface area contributed by atoms with Crippen LogP contribution in [0.25, 0.3) is 11.0 Å². The molecule has 0 radical (unpaired) electrons. The summed E-state index contributed by atoms with van der Waals surface area (Å²) in [6, 6.07) is 11.6. The van der Waals surface area contributed by atoms with Gasteiger partial charge in [-0.2, -0.15) is 0 Å². The third-order valence-electron chi connectivity index (χ3n) is 3.14. The molecule has 0 saturated carbocycles. The van der Waals surface area contributed by atoms with Crippen molar-refractivity contribution in [1.82, 2.24) is 14.5 Å². The summed E-state index contributed by atoms with van der Waals surface area (Å²) in [5.41, 5.74) is 2.85. The Labute approximate surface area is 127 Å². The summed E-state index contributed by atoms with van der Waals surface area (Å²) >= 11 is 12.3. The lowest BCUT2D eigenvalue weighted by atomic mass is 10.3. The second kappa shape index (κ2) is 5.43. The minimum atomic E-state index is -0.176. The maximum Gasteiger partial charge on any atom is 0.128 e. The van der Waals surface area contributed by atoms with Crippen LogP contribution in [0.1, 0.15) is 23.8 Å². The number of fused-ring (bicyclic) bond motifs is 1. The number of benzene rings is 1. The van der Waals surface area contributed by atoms with E-state index in [0.717, 1.165) is 22.6 Å². The smallest absolute Gasteiger partial charge is 0.128 e. The average molecular weight is 306 g/mol. The molecule has 1 aromatic carbocycles. The van der Waals surface area contributed by atoms with Crippen LogP contribution < -0.4 is 0 Å². The van der Waals surface area contributed by atoms with E-state index in [2.05, 4.69) is 14.5 Å². The number of halogens is 2. The lowest BCUT2D eigenvalue weighted by Gasteiger charge is -2.10. The maximum atomic E-state index is 6.25. The van der Waals surface area contributed by atoms with Gasteiger partial charge in [0.05, 0.1) is 28.6 Å². The first-order valence-corrected chi connectivity index (χ1v) is 7.16. The van der Waals surface area contributed by atoms with Crippen LogP contribution >= 0.6 is 23.2 Å². The predicted octanol–water partition coefficient (Wildman–Crippen LogP) is 4.43. The number of alkyl halides is 1. The summed E-state index contributed by atoms with van der Waals surface area (Å²) in [4.78, 5) is 8.95. The normalized spacial score (nSPS) is 12.8. The second-order valence-corrected chi connectivity index (χ2v) is 5.72. The lowest BCUT2D eigenvalue weighted by Crippen LogP contribution is -2.06. The molecular weight excluding hydrogens is 293 g/mol. The molecule has 0 bridgehead atoms. The zero-order valence-corrected chi connectivity index (χ0v) is 12.4. The third kappa shape index (κ3) is 2.51. The lowest BCUT2D eigenvalue weighted by molar-refractivity contribution is 0.727. The van der Waals surface area contributed by atoms with Crippen LogP contribution in [0.4, 0.5) is 0 Å². The van der Waals surface area contributed by atoms with Crippen LogP contribution in [0, 0.1) is 0 Å². The second-order valence-electron chi connectivity index (χ2n) is 4.63. The molecule has 0 amide bonds. The fourth-order valence-electron chi connectivity index (χ4n) is 2.25. The zero-order valence-electron chi connectivity index (χ0n) is 10.9. The van der Waals surface area contributed by atoms with Gasteiger partial charge in [-0.15, -0.1) is 11.6 Å². The summed E-state index contributed by atoms with van der Waals surface area (Å²) in [6.07, 6.45) is 1.79. The molecule has 5 heteroatoms. The van der Waals surface area contributed by atoms with Crippen LogP contribution in [-0.2, 0) is 6.54 Å². The number of hydrogen-bond acceptors (Lipinski definition) is 2. The van der Waals surface area contributed by atoms with Gasteiger partial charge in [0, 0.05) is 11.2 Å². The van der Waals surface area contributed by atoms with Crippen molar-refractivity contribution >= 4 is 34.2 Å². The van der Waals surface area contributed by atoms with Gasteiger partial charge in [0.15, 0.2) is 0 Å². The van der Waals surface area contributed by atoms with Gasteiger partial charge < -0.3 is 4.57 Å². The highest BCUT2D eigenvalue weighted by Gasteiger charge is 2.15. The van der Waals surface area contributed by atoms with Crippen molar-refractivity contribution < 1.29 is 0 Å². The molecular formula is C15H13Cl2N3. The molecule has 3 rings (SSSR count). The van der Waals surface area contributed by atoms with Gasteiger partial charge in [-0.25, -0.2) is 4.98 Å². The Balaban J connectivity index is 2.14. The highest BCUT2D eigenvalue weighted by molar-refractivity contribution is 6.31. The predicted molar refractivity (Wildman–Crippen MR) is 82.4 cm³/mol. The number of rotatable bonds is 3. The highest BCUT2D eigenvalue weighted by Crippen LogP contribution is 2.27. The Hall–Kier alpha value is -1.58. The van der Waals surface area contributed by atoms with Crippen molar-refractivity contribution in [2.24, 2.45) is 0 Å². The van der Waals surface area contributed by atoms with E-state index in [-0.39, 0.29) is 5.38 Å². The Morgan fingerprint density at radius 1 is 1.25 bits per heavy atom. The van der Waals surface area contributed by atoms with Crippen molar-refractivity contribution in [3.63, 3.8) is 0 Å². The van der Waals surface area contributed by atoms with Crippen LogP contribution in [0.5, 0.6) is 0 Å². The van der Waals surface area contributed by atoms with E-state index < -0.39 is 0 Å². The minimum Gasteiger partial charge on any atom is -0.321 e. The first-order chi connectivity index (χ1) is 9.65. The van der Waals surface area contributed by atoms with Crippen LogP contribution in [0.2, 0.25) is 5.02 Å². The third-order valence-corrected chi connectivity index (χ3v) is 3.57. The summed E-state index contributed by atoms with van der Waals surface area (Å²) < 4.78 is 2.09. The fourth-order valence-corrected chi connectivity index (χ4v) is 2.58. The standard InChI is InChI=1S/C15H13Cl2N3/c1-10(16)15-19-13-8-11(17)5-6-14(13)20(15)9-12-4-2-3-7-18-12/h2-8,10H,9H2,1H3. The van der Waals surface area contributed by atoms with Crippen molar-refractivity contribution in [2.45, 2.75) is 18.8 Å². The number of aromatic nitrogens is 3. The quantitative estimate of drug-likeness (QED) is 0.670. The van der Waals surface area contributed by atoms with Crippen molar-refractivity contribution in [3.8, 4) is 0 Å². The number of pyridine rings is 1. The highest BCUT2D eigenvalue weighted by atomic mass is 35.5. The van der Waals surface area contributed by atoms with E-state index in [9.17, 15) is 0 Å². The molecule has 2 heterocycles. The molecule has 1 unspecified atom stereocenters. The van der Waals surface area contributed by atoms with Crippen LogP contribution in [0.15, 0.2) is 42.6 Å². The summed E-state index contributed by atoms with van der Waals surface area (Å²) in [7, 11) is 0. The van der Waals surface area contributed by atoms with Gasteiger partial charge in [-0.3, -0.25) is 4.98 Å². The first kappa shape index (κ1) is 13.4. The fraction of sp³-hybridized carbons (Fsp3) is 0.200. The van der Waals surface area contributed by atoms with E-state index in [4.69, 9.17) is 23.2 Å². The van der Waals surface area contributed by atoms with Gasteiger partial charge in [0.2, 0.25) is 0 Å². The SMILES string of the molecule is CC(Cl)c1nc2cc(Cl)ccc2n1Cc1ccccn1. The van der Waals surface area contributed by atoms with E-state index in [1.165, 1.54) is 0 Å². The minimum absolute atomic E-state index is 0.176. The molecule has 3 nitrogen and oxygen atoms in total. The Morgan fingerprint density at radius 2 is 2.10 bits per heavy atom. The number of nitrogens with zero attached hydrogens (tertiary/aromatic N) is 3. The number of hydrogen-bond donors (Lipinski definition) is 0. The van der Waals surface area contributed by atoms with Gasteiger partial charge in [-0.05, 0) is 37.3 Å². The monoisotopic (exact) mass is 305 g/mol. The summed E-state index contributed by atoms with van der Waals surface area (Å²) in [5, 5.41) is 0.499. The largest absolute Gasteiger partial charge is 0.321 e. The van der Waals surface area contributed by atoms with Gasteiger partial charge >= 0.3 is 0 Å². The van der Waals surface area contributed by atoms with Crippen LogP contribution in [-0.4, -0.2) is 14.5 Å². The molecule has 0 aliphatic heterocycles. The number of imidazole rings is 1. The van der Waals surface area contributed by atoms with Crippen LogP contribution in [0.3, 0.4) is 0 Å². The molecule has 3 aromatic rings. The van der Waals surface area contributed by atoms with E-state index in [0.29, 0.717) is 11.6 Å². The molecule has 0 saturated heterocycles. The van der Waals surface area contributed by atoms with E-state index in [1.54, 1.807) is 6.20 Å². The van der Waals surface area contributed by atoms with Crippen molar-refractivity contribution in [3.05, 3.63) is 59.1 Å². The topological polar surface area (TPSA) is 30.7 Å². The molecule has 0 spiro atoms. The van der Waals surface area contributed by atoms with Gasteiger partial charge in [-0.1, -0.05) is 17.7 Å². The van der Waals surface area contributed by atoms with E-state index >= 15 is 0 Å². The zero-order chi connectivity index (χ0) is 14.1. The molecule has 0 N–H and O–H groups in total. The van der Waals surface area contributed by atoms with Crippen molar-refractivity contribution in [2.75, 3.05) is 0 Å². The Kier molecular flexibility index (Phi) is 3.64.